The fraction of sp³-hybridized carbons (Fsp3) is 0.0345. The van der Waals surface area contributed by atoms with Crippen LogP contribution in [0.2, 0.25) is 0 Å². The smallest absolute Gasteiger partial charge is 0.357 e. The van der Waals surface area contributed by atoms with Crippen LogP contribution in [0.1, 0.15) is 5.56 Å². The van der Waals surface area contributed by atoms with Crippen LogP contribution in [0.25, 0.3) is 10.8 Å². The minimum Gasteiger partial charge on any atom is -0.505 e. The fourth-order valence-electron chi connectivity index (χ4n) is 5.32. The third-order valence-electron chi connectivity index (χ3n) is 8.26. The predicted molar refractivity (Wildman–Crippen MR) is 218 cm³/mol. The van der Waals surface area contributed by atoms with Crippen molar-refractivity contribution in [2.75, 3.05) is 10.5 Å². The highest BCUT2D eigenvalue weighted by Gasteiger charge is 2.31. The molecule has 65 heavy (non-hydrogen) atoms. The molecule has 0 radical (unpaired) electrons. The van der Waals surface area contributed by atoms with E-state index < -0.39 is 132 Å². The number of nitrogens with one attached hydrogen (secondary N) is 1. The first-order chi connectivity index (χ1) is 30.2. The van der Waals surface area contributed by atoms with Gasteiger partial charge in [-0.15, -0.1) is 20.5 Å². The molecule has 0 atom stereocenters. The number of azo groups is 3. The minimum atomic E-state index is -5.20. The number of anilines is 2. The molecule has 0 unspecified atom stereocenters. The SMILES string of the molecule is Cc1cc(N=Nc2cc(S(=O)(=O)ON)ccc2S(=O)(=O)ON)ccc1N=Nc1cc(S(=O)(=O)ON)c2cc(S(=O)(=O)ON)c(N=Nc3ccc([N+](=O)[O-])cc3NS(=O)(=O)O)c(O)c2c1N. The fourth-order valence-corrected chi connectivity index (χ4v) is 8.59. The van der Waals surface area contributed by atoms with E-state index in [-0.39, 0.29) is 16.9 Å². The molecule has 0 aliphatic heterocycles. The van der Waals surface area contributed by atoms with Crippen molar-refractivity contribution in [1.82, 2.24) is 0 Å². The van der Waals surface area contributed by atoms with Crippen LogP contribution in [0.15, 0.2) is 117 Å². The van der Waals surface area contributed by atoms with Crippen LogP contribution in [0.5, 0.6) is 5.75 Å². The van der Waals surface area contributed by atoms with E-state index in [1.54, 1.807) is 0 Å². The lowest BCUT2D eigenvalue weighted by Crippen LogP contribution is -2.14. The molecule has 0 saturated heterocycles. The molecule has 0 aliphatic rings. The van der Waals surface area contributed by atoms with E-state index in [1.807, 2.05) is 0 Å². The first-order valence-electron chi connectivity index (χ1n) is 16.4. The number of phenols is 1. The number of nitro groups is 1. The number of nitrogens with two attached hydrogens (primary N) is 5. The first-order valence-corrected chi connectivity index (χ1v) is 23.5. The van der Waals surface area contributed by atoms with Crippen LogP contribution in [0.4, 0.5) is 51.2 Å². The monoisotopic (exact) mass is 1010 g/mol. The summed E-state index contributed by atoms with van der Waals surface area (Å²) in [5.41, 5.74) is 1.67. The Kier molecular flexibility index (Phi) is 14.0. The second kappa shape index (κ2) is 18.4. The number of aromatic hydroxyl groups is 1. The summed E-state index contributed by atoms with van der Waals surface area (Å²) in [6, 6.07) is 9.69. The van der Waals surface area contributed by atoms with Gasteiger partial charge in [0.05, 0.1) is 38.0 Å². The second-order valence-electron chi connectivity index (χ2n) is 12.2. The van der Waals surface area contributed by atoms with Gasteiger partial charge in [-0.05, 0) is 67.1 Å². The van der Waals surface area contributed by atoms with Crippen molar-refractivity contribution in [2.45, 2.75) is 26.5 Å². The molecule has 0 bridgehead atoms. The van der Waals surface area contributed by atoms with E-state index in [9.17, 15) is 61.9 Å². The van der Waals surface area contributed by atoms with Crippen LogP contribution in [0, 0.1) is 17.0 Å². The Balaban J connectivity index is 1.67. The van der Waals surface area contributed by atoms with Gasteiger partial charge in [0.2, 0.25) is 0 Å². The van der Waals surface area contributed by atoms with Crippen molar-refractivity contribution in [2.24, 2.45) is 54.3 Å². The van der Waals surface area contributed by atoms with Crippen molar-refractivity contribution in [1.29, 1.82) is 0 Å². The molecular weight excluding hydrogens is 979 g/mol. The highest BCUT2D eigenvalue weighted by molar-refractivity contribution is 7.88. The topological polar surface area (TPSA) is 508 Å². The maximum Gasteiger partial charge on any atom is 0.357 e. The Morgan fingerprint density at radius 2 is 1.17 bits per heavy atom. The van der Waals surface area contributed by atoms with E-state index in [1.165, 1.54) is 29.8 Å². The van der Waals surface area contributed by atoms with E-state index in [0.717, 1.165) is 30.3 Å². The Morgan fingerprint density at radius 1 is 0.615 bits per heavy atom. The van der Waals surface area contributed by atoms with Crippen molar-refractivity contribution < 1.29 is 73.8 Å². The summed E-state index contributed by atoms with van der Waals surface area (Å²) < 4.78 is 152. The molecule has 0 aliphatic carbocycles. The lowest BCUT2D eigenvalue weighted by Gasteiger charge is -2.15. The van der Waals surface area contributed by atoms with Crippen LogP contribution in [0.3, 0.4) is 0 Å². The summed E-state index contributed by atoms with van der Waals surface area (Å²) in [5.74, 6) is 18.4. The van der Waals surface area contributed by atoms with Gasteiger partial charge >= 0.3 is 50.8 Å². The molecule has 0 heterocycles. The average molecular weight is 1010 g/mol. The number of nitrogens with zero attached hydrogens (tertiary/aromatic N) is 7. The first kappa shape index (κ1) is 49.4. The molecule has 31 nitrogen and oxygen atoms in total. The number of nitrogen functional groups attached to an aromatic ring is 1. The van der Waals surface area contributed by atoms with E-state index in [2.05, 4.69) is 47.8 Å². The molecule has 13 N–H and O–H groups in total. The van der Waals surface area contributed by atoms with Gasteiger partial charge in [0.1, 0.15) is 37.4 Å². The number of hydrogen-bond donors (Lipinski definition) is 8. The van der Waals surface area contributed by atoms with E-state index in [4.69, 9.17) is 29.3 Å². The predicted octanol–water partition coefficient (Wildman–Crippen LogP) is 3.12. The molecule has 0 saturated carbocycles. The Bertz CT molecular complexity index is 3460. The lowest BCUT2D eigenvalue weighted by molar-refractivity contribution is -0.384. The number of non-ortho nitro benzene ring substituents is 1. The summed E-state index contributed by atoms with van der Waals surface area (Å²) in [6.45, 7) is 1.46. The van der Waals surface area contributed by atoms with Gasteiger partial charge in [-0.2, -0.15) is 93.0 Å². The summed E-state index contributed by atoms with van der Waals surface area (Å²) in [5, 5.41) is 44.4. The molecule has 5 aromatic carbocycles. The van der Waals surface area contributed by atoms with Gasteiger partial charge < -0.3 is 10.8 Å². The molecule has 5 aromatic rings. The number of hydrogen-bond acceptors (Lipinski definition) is 28. The summed E-state index contributed by atoms with van der Waals surface area (Å²) >= 11 is 0. The molecule has 0 spiro atoms. The van der Waals surface area contributed by atoms with E-state index >= 15 is 0 Å². The number of aryl methyl sites for hydroxylation is 1. The third kappa shape index (κ3) is 10.7. The normalized spacial score (nSPS) is 13.1. The quantitative estimate of drug-likeness (QED) is 0.0218. The molecular formula is C29H27N13O18S5. The van der Waals surface area contributed by atoms with Crippen molar-refractivity contribution in [3.8, 4) is 5.75 Å². The maximum absolute atomic E-state index is 13.1. The number of phenolic OH excluding ortho intramolecular Hbond substituents is 1. The highest BCUT2D eigenvalue weighted by Crippen LogP contribution is 2.49. The zero-order valence-electron chi connectivity index (χ0n) is 31.8. The molecule has 0 fully saturated rings. The zero-order chi connectivity index (χ0) is 48.4. The maximum atomic E-state index is 13.1. The largest absolute Gasteiger partial charge is 0.505 e. The summed E-state index contributed by atoms with van der Waals surface area (Å²) in [7, 11) is -24.6. The van der Waals surface area contributed by atoms with Gasteiger partial charge in [0.25, 0.3) is 5.69 Å². The minimum absolute atomic E-state index is 0.00828. The van der Waals surface area contributed by atoms with Gasteiger partial charge in [-0.25, -0.2) is 0 Å². The summed E-state index contributed by atoms with van der Waals surface area (Å²) in [4.78, 5) is 6.87. The molecule has 0 aromatic heterocycles. The number of benzene rings is 5. The molecule has 5 rings (SSSR count). The zero-order valence-corrected chi connectivity index (χ0v) is 35.9. The second-order valence-corrected chi connectivity index (χ2v) is 19.6. The van der Waals surface area contributed by atoms with Crippen LogP contribution >= 0.6 is 0 Å². The van der Waals surface area contributed by atoms with Gasteiger partial charge in [-0.3, -0.25) is 19.4 Å². The Hall–Kier alpha value is -6.65. The number of rotatable bonds is 17. The van der Waals surface area contributed by atoms with Gasteiger partial charge in [0.15, 0.2) is 5.75 Å². The standard InChI is InChI=1S/C29H27N13O18S5/c1-13-8-14(35-38-21-10-16(61(46,47)57-31)4-7-23(21)62(48,49)58-32)2-5-18(13)36-39-22-12-24(63(50,51)59-33)17-11-25(64(52,53)60-34)28(29(43)26(17)27(22)30)40-37-19-6-3-15(42(44)45)9-20(19)41-65(54,55)56/h2-12,41,43H,30-34H2,1H3,(H,54,55,56). The van der Waals surface area contributed by atoms with Crippen LogP contribution in [-0.2, 0) is 67.9 Å². The van der Waals surface area contributed by atoms with Gasteiger partial charge in [0, 0.05) is 17.5 Å². The Morgan fingerprint density at radius 3 is 1.75 bits per heavy atom. The Labute approximate surface area is 364 Å². The average Bonchev–Trinajstić information content (AvgIpc) is 3.24. The van der Waals surface area contributed by atoms with Crippen molar-refractivity contribution in [3.63, 3.8) is 0 Å². The van der Waals surface area contributed by atoms with Crippen LogP contribution in [-0.4, -0.2) is 56.7 Å². The number of fused-ring (bicyclic) bond motifs is 1. The highest BCUT2D eigenvalue weighted by atomic mass is 32.2. The van der Waals surface area contributed by atoms with Gasteiger partial charge in [-0.1, -0.05) is 0 Å². The molecule has 0 amide bonds. The summed E-state index contributed by atoms with van der Waals surface area (Å²) in [6.07, 6.45) is 0. The third-order valence-corrected chi connectivity index (χ3v) is 13.2. The lowest BCUT2D eigenvalue weighted by atomic mass is 10.0. The van der Waals surface area contributed by atoms with Crippen molar-refractivity contribution in [3.05, 3.63) is 82.4 Å². The van der Waals surface area contributed by atoms with Crippen molar-refractivity contribution >= 4 is 113 Å². The van der Waals surface area contributed by atoms with E-state index in [0.29, 0.717) is 18.2 Å². The van der Waals surface area contributed by atoms with Crippen LogP contribution < -0.4 is 34.0 Å². The molecule has 36 heteroatoms. The number of nitro benzene ring substituents is 1. The molecule has 346 valence electrons.